The quantitative estimate of drug-likeness (QED) is 0.820. The van der Waals surface area contributed by atoms with Crippen LogP contribution in [0.5, 0.6) is 0 Å². The molecule has 0 fully saturated rings. The third-order valence-corrected chi connectivity index (χ3v) is 3.40. The lowest BCUT2D eigenvalue weighted by atomic mass is 9.95. The molecule has 18 heavy (non-hydrogen) atoms. The highest BCUT2D eigenvalue weighted by atomic mass is 32.1. The van der Waals surface area contributed by atoms with Crippen LogP contribution < -0.4 is 5.73 Å². The van der Waals surface area contributed by atoms with Crippen LogP contribution >= 0.6 is 12.2 Å². The van der Waals surface area contributed by atoms with Gasteiger partial charge >= 0.3 is 0 Å². The van der Waals surface area contributed by atoms with Crippen molar-refractivity contribution in [2.24, 2.45) is 5.73 Å². The van der Waals surface area contributed by atoms with Crippen LogP contribution in [0.1, 0.15) is 29.7 Å². The molecule has 0 radical (unpaired) electrons. The molecular weight excluding hydrogens is 246 g/mol. The van der Waals surface area contributed by atoms with Gasteiger partial charge in [-0.15, -0.1) is 0 Å². The summed E-state index contributed by atoms with van der Waals surface area (Å²) in [6.07, 6.45) is 7.53. The summed E-state index contributed by atoms with van der Waals surface area (Å²) in [6, 6.07) is 2.06. The Morgan fingerprint density at radius 1 is 1.33 bits per heavy atom. The van der Waals surface area contributed by atoms with Gasteiger partial charge in [-0.05, 0) is 37.3 Å². The second kappa shape index (κ2) is 4.45. The Balaban J connectivity index is 2.19. The van der Waals surface area contributed by atoms with Crippen molar-refractivity contribution < 1.29 is 0 Å². The maximum Gasteiger partial charge on any atom is 0.165 e. The van der Waals surface area contributed by atoms with E-state index in [9.17, 15) is 0 Å². The zero-order chi connectivity index (χ0) is 12.5. The summed E-state index contributed by atoms with van der Waals surface area (Å²) in [7, 11) is 0. The summed E-state index contributed by atoms with van der Waals surface area (Å²) in [6.45, 7) is 0. The van der Waals surface area contributed by atoms with Gasteiger partial charge in [-0.25, -0.2) is 14.6 Å². The molecule has 0 saturated heterocycles. The number of fused-ring (bicyclic) bond motifs is 1. The van der Waals surface area contributed by atoms with Gasteiger partial charge in [0.1, 0.15) is 17.6 Å². The monoisotopic (exact) mass is 259 g/mol. The molecule has 1 aliphatic rings. The van der Waals surface area contributed by atoms with E-state index < -0.39 is 0 Å². The fraction of sp³-hybridized carbons (Fsp3) is 0.333. The highest BCUT2D eigenvalue weighted by Crippen LogP contribution is 2.23. The van der Waals surface area contributed by atoms with Crippen molar-refractivity contribution in [3.05, 3.63) is 35.5 Å². The van der Waals surface area contributed by atoms with E-state index in [2.05, 4.69) is 21.1 Å². The first-order valence-corrected chi connectivity index (χ1v) is 6.34. The number of aryl methyl sites for hydroxylation is 2. The predicted octanol–water partition coefficient (Wildman–Crippen LogP) is 1.18. The second-order valence-corrected chi connectivity index (χ2v) is 4.82. The number of aromatic nitrogens is 4. The molecule has 0 bridgehead atoms. The zero-order valence-corrected chi connectivity index (χ0v) is 10.7. The largest absolute Gasteiger partial charge is 0.389 e. The summed E-state index contributed by atoms with van der Waals surface area (Å²) >= 11 is 5.10. The molecule has 5 nitrogen and oxygen atoms in total. The number of hydrogen-bond acceptors (Lipinski definition) is 4. The van der Waals surface area contributed by atoms with E-state index in [1.54, 1.807) is 11.0 Å². The van der Waals surface area contributed by atoms with E-state index in [0.717, 1.165) is 24.1 Å². The molecule has 2 aromatic rings. The maximum atomic E-state index is 5.78. The van der Waals surface area contributed by atoms with Crippen LogP contribution in [0.4, 0.5) is 0 Å². The molecular formula is C12H13N5S. The molecule has 0 unspecified atom stereocenters. The van der Waals surface area contributed by atoms with E-state index in [1.807, 2.05) is 0 Å². The van der Waals surface area contributed by atoms with Crippen molar-refractivity contribution in [2.45, 2.75) is 25.7 Å². The van der Waals surface area contributed by atoms with Gasteiger partial charge in [0.2, 0.25) is 0 Å². The van der Waals surface area contributed by atoms with Crippen LogP contribution in [0.2, 0.25) is 0 Å². The smallest absolute Gasteiger partial charge is 0.165 e. The van der Waals surface area contributed by atoms with Crippen molar-refractivity contribution in [1.29, 1.82) is 0 Å². The third kappa shape index (κ3) is 1.88. The summed E-state index contributed by atoms with van der Waals surface area (Å²) < 4.78 is 1.61. The first-order chi connectivity index (χ1) is 8.75. The van der Waals surface area contributed by atoms with Gasteiger partial charge in [0.25, 0.3) is 0 Å². The van der Waals surface area contributed by atoms with Crippen LogP contribution in [0.25, 0.3) is 5.82 Å². The Bertz CT molecular complexity index is 591. The molecule has 6 heteroatoms. The second-order valence-electron chi connectivity index (χ2n) is 4.38. The van der Waals surface area contributed by atoms with Crippen molar-refractivity contribution >= 4 is 17.2 Å². The topological polar surface area (TPSA) is 69.6 Å². The highest BCUT2D eigenvalue weighted by molar-refractivity contribution is 7.80. The summed E-state index contributed by atoms with van der Waals surface area (Å²) in [5, 5.41) is 4.11. The minimum atomic E-state index is 0.348. The molecule has 0 amide bonds. The minimum absolute atomic E-state index is 0.348. The Morgan fingerprint density at radius 3 is 2.89 bits per heavy atom. The van der Waals surface area contributed by atoms with E-state index in [0.29, 0.717) is 10.8 Å². The molecule has 0 spiro atoms. The normalized spacial score (nSPS) is 14.2. The first-order valence-electron chi connectivity index (χ1n) is 5.93. The molecule has 0 atom stereocenters. The molecule has 0 aromatic carbocycles. The Hall–Kier alpha value is -1.82. The molecule has 1 aliphatic carbocycles. The van der Waals surface area contributed by atoms with E-state index >= 15 is 0 Å². The van der Waals surface area contributed by atoms with Crippen LogP contribution in [-0.2, 0) is 12.8 Å². The molecule has 0 saturated carbocycles. The van der Waals surface area contributed by atoms with Crippen molar-refractivity contribution in [2.75, 3.05) is 0 Å². The molecule has 92 valence electrons. The molecule has 2 heterocycles. The molecule has 2 aromatic heterocycles. The van der Waals surface area contributed by atoms with Crippen molar-refractivity contribution in [3.8, 4) is 5.82 Å². The fourth-order valence-electron chi connectivity index (χ4n) is 2.30. The molecule has 2 N–H and O–H groups in total. The average Bonchev–Trinajstić information content (AvgIpc) is 2.91. The number of thiocarbonyl (C=S) groups is 1. The van der Waals surface area contributed by atoms with Gasteiger partial charge in [0.15, 0.2) is 5.82 Å². The Morgan fingerprint density at radius 2 is 2.17 bits per heavy atom. The lowest BCUT2D eigenvalue weighted by molar-refractivity contribution is 0.661. The molecule has 3 rings (SSSR count). The number of nitrogens with two attached hydrogens (primary N) is 1. The van der Waals surface area contributed by atoms with Gasteiger partial charge < -0.3 is 5.73 Å². The number of pyridine rings is 1. The van der Waals surface area contributed by atoms with Gasteiger partial charge in [0, 0.05) is 5.69 Å². The van der Waals surface area contributed by atoms with E-state index in [-0.39, 0.29) is 0 Å². The van der Waals surface area contributed by atoms with Gasteiger partial charge in [0.05, 0.1) is 5.56 Å². The number of hydrogen-bond donors (Lipinski definition) is 1. The van der Waals surface area contributed by atoms with Gasteiger partial charge in [-0.3, -0.25) is 0 Å². The maximum absolute atomic E-state index is 5.78. The Kier molecular flexibility index (Phi) is 2.79. The lowest BCUT2D eigenvalue weighted by Crippen LogP contribution is -2.18. The predicted molar refractivity (Wildman–Crippen MR) is 71.7 cm³/mol. The number of rotatable bonds is 2. The van der Waals surface area contributed by atoms with Crippen molar-refractivity contribution in [3.63, 3.8) is 0 Å². The van der Waals surface area contributed by atoms with Crippen LogP contribution in [0.15, 0.2) is 18.7 Å². The SMILES string of the molecule is NC(=S)c1cc2c(nc1-n1cncn1)CCCC2. The standard InChI is InChI=1S/C12H13N5S/c13-11(18)9-5-8-3-1-2-4-10(8)16-12(9)17-7-14-6-15-17/h5-7H,1-4H2,(H2,13,18). The highest BCUT2D eigenvalue weighted by Gasteiger charge is 2.17. The third-order valence-electron chi connectivity index (χ3n) is 3.18. The average molecular weight is 259 g/mol. The van der Waals surface area contributed by atoms with Gasteiger partial charge in [-0.1, -0.05) is 12.2 Å². The van der Waals surface area contributed by atoms with Crippen LogP contribution in [-0.4, -0.2) is 24.7 Å². The van der Waals surface area contributed by atoms with Crippen LogP contribution in [0, 0.1) is 0 Å². The van der Waals surface area contributed by atoms with E-state index in [1.165, 1.54) is 24.7 Å². The van der Waals surface area contributed by atoms with E-state index in [4.69, 9.17) is 18.0 Å². The van der Waals surface area contributed by atoms with Crippen molar-refractivity contribution in [1.82, 2.24) is 19.7 Å². The minimum Gasteiger partial charge on any atom is -0.389 e. The first kappa shape index (κ1) is 11.3. The molecule has 0 aliphatic heterocycles. The lowest BCUT2D eigenvalue weighted by Gasteiger charge is -2.18. The number of nitrogens with zero attached hydrogens (tertiary/aromatic N) is 4. The van der Waals surface area contributed by atoms with Crippen LogP contribution in [0.3, 0.4) is 0 Å². The summed E-state index contributed by atoms with van der Waals surface area (Å²) in [5.74, 6) is 0.681. The Labute approximate surface area is 110 Å². The zero-order valence-electron chi connectivity index (χ0n) is 9.83. The fourth-order valence-corrected chi connectivity index (χ4v) is 2.45. The summed E-state index contributed by atoms with van der Waals surface area (Å²) in [5.41, 5.74) is 8.95. The summed E-state index contributed by atoms with van der Waals surface area (Å²) in [4.78, 5) is 8.96. The van der Waals surface area contributed by atoms with Gasteiger partial charge in [-0.2, -0.15) is 5.10 Å².